The van der Waals surface area contributed by atoms with Crippen LogP contribution in [0.5, 0.6) is 0 Å². The number of hydrogen-bond acceptors (Lipinski definition) is 4. The van der Waals surface area contributed by atoms with Gasteiger partial charge in [0.1, 0.15) is 5.56 Å². The molecule has 1 amide bonds. The minimum Gasteiger partial charge on any atom is -0.394 e. The molecule has 6 nitrogen and oxygen atoms in total. The highest BCUT2D eigenvalue weighted by molar-refractivity contribution is 6.31. The van der Waals surface area contributed by atoms with Crippen LogP contribution in [0.3, 0.4) is 0 Å². The van der Waals surface area contributed by atoms with E-state index in [1.165, 1.54) is 0 Å². The molecule has 7 heteroatoms. The molecule has 0 aliphatic carbocycles. The summed E-state index contributed by atoms with van der Waals surface area (Å²) in [6, 6.07) is 14.9. The Kier molecular flexibility index (Phi) is 4.14. The van der Waals surface area contributed by atoms with Gasteiger partial charge in [-0.3, -0.25) is 14.4 Å². The molecular weight excluding hydrogens is 352 g/mol. The van der Waals surface area contributed by atoms with Crippen LogP contribution in [-0.2, 0) is 6.54 Å². The number of para-hydroxylation sites is 1. The fourth-order valence-corrected chi connectivity index (χ4v) is 3.33. The topological polar surface area (TPSA) is 61.6 Å². The van der Waals surface area contributed by atoms with Crippen molar-refractivity contribution >= 4 is 40.4 Å². The largest absolute Gasteiger partial charge is 0.394 e. The molecule has 0 bridgehead atoms. The molecule has 1 aromatic heterocycles. The van der Waals surface area contributed by atoms with Crippen molar-refractivity contribution in [2.24, 2.45) is 0 Å². The Morgan fingerprint density at radius 2 is 1.88 bits per heavy atom. The molecule has 0 fully saturated rings. The first kappa shape index (κ1) is 16.6. The summed E-state index contributed by atoms with van der Waals surface area (Å²) in [6.07, 6.45) is 1.67. The van der Waals surface area contributed by atoms with Crippen LogP contribution in [0.2, 0.25) is 5.02 Å². The molecule has 26 heavy (non-hydrogen) atoms. The van der Waals surface area contributed by atoms with Crippen LogP contribution in [0.1, 0.15) is 10.4 Å². The Morgan fingerprint density at radius 1 is 1.12 bits per heavy atom. The molecule has 3 aromatic rings. The molecule has 0 radical (unpaired) electrons. The Morgan fingerprint density at radius 3 is 2.62 bits per heavy atom. The molecule has 2 aromatic carbocycles. The lowest BCUT2D eigenvalue weighted by atomic mass is 10.2. The second-order valence-electron chi connectivity index (χ2n) is 6.02. The number of fused-ring (bicyclic) bond motifs is 2. The molecule has 132 valence electrons. The average molecular weight is 369 g/mol. The quantitative estimate of drug-likeness (QED) is 0.767. The van der Waals surface area contributed by atoms with Crippen LogP contribution < -0.4 is 9.80 Å². The number of amides is 1. The van der Waals surface area contributed by atoms with E-state index in [-0.39, 0.29) is 12.5 Å². The summed E-state index contributed by atoms with van der Waals surface area (Å²) in [5.41, 5.74) is 2.73. The van der Waals surface area contributed by atoms with E-state index in [0.717, 1.165) is 11.4 Å². The minimum atomic E-state index is -0.191. The lowest BCUT2D eigenvalue weighted by Gasteiger charge is -2.25. The summed E-state index contributed by atoms with van der Waals surface area (Å²) in [5.74, 6) is 0.355. The van der Waals surface area contributed by atoms with Gasteiger partial charge in [-0.2, -0.15) is 5.10 Å². The van der Waals surface area contributed by atoms with Gasteiger partial charge < -0.3 is 10.0 Å². The third-order valence-electron chi connectivity index (χ3n) is 4.38. The molecule has 0 saturated carbocycles. The van der Waals surface area contributed by atoms with Crippen molar-refractivity contribution in [2.75, 3.05) is 23.5 Å². The first-order valence-electron chi connectivity index (χ1n) is 8.21. The molecule has 4 rings (SSSR count). The van der Waals surface area contributed by atoms with Gasteiger partial charge in [0, 0.05) is 24.0 Å². The van der Waals surface area contributed by atoms with Crippen molar-refractivity contribution in [2.45, 2.75) is 6.54 Å². The van der Waals surface area contributed by atoms with Crippen molar-refractivity contribution in [3.8, 4) is 0 Å². The van der Waals surface area contributed by atoms with Crippen LogP contribution in [0.25, 0.3) is 0 Å². The lowest BCUT2D eigenvalue weighted by Crippen LogP contribution is -2.25. The minimum absolute atomic E-state index is 0.0486. The predicted octanol–water partition coefficient (Wildman–Crippen LogP) is 3.59. The number of carbonyl (C=O) groups excluding carboxylic acids is 1. The molecule has 1 aliphatic heterocycles. The maximum Gasteiger partial charge on any atom is 0.268 e. The molecule has 2 heterocycles. The number of aliphatic hydroxyl groups excluding tert-OH is 1. The van der Waals surface area contributed by atoms with Gasteiger partial charge in [-0.15, -0.1) is 0 Å². The van der Waals surface area contributed by atoms with E-state index >= 15 is 0 Å². The van der Waals surface area contributed by atoms with Crippen molar-refractivity contribution in [1.82, 2.24) is 9.78 Å². The zero-order chi connectivity index (χ0) is 18.3. The van der Waals surface area contributed by atoms with Crippen LogP contribution in [-0.4, -0.2) is 34.4 Å². The number of benzene rings is 2. The molecular formula is C19H17ClN4O2. The van der Waals surface area contributed by atoms with Gasteiger partial charge in [0.25, 0.3) is 5.91 Å². The second-order valence-corrected chi connectivity index (χ2v) is 6.46. The van der Waals surface area contributed by atoms with E-state index in [2.05, 4.69) is 5.10 Å². The second kappa shape index (κ2) is 6.48. The van der Waals surface area contributed by atoms with E-state index in [9.17, 15) is 9.90 Å². The van der Waals surface area contributed by atoms with Gasteiger partial charge in [-0.1, -0.05) is 29.8 Å². The number of carbonyl (C=O) groups is 1. The Balaban J connectivity index is 1.97. The van der Waals surface area contributed by atoms with Gasteiger partial charge in [0.15, 0.2) is 5.82 Å². The standard InChI is InChI=1S/C19H17ClN4O2/c1-22-16-8-7-13(20)11-17(16)24(14-5-3-2-4-6-14)19(26)15-12-23(9-10-25)21-18(15)22/h2-8,11-12,25H,9-10H2,1H3. The number of hydrogen-bond donors (Lipinski definition) is 1. The third-order valence-corrected chi connectivity index (χ3v) is 4.61. The monoisotopic (exact) mass is 368 g/mol. The summed E-state index contributed by atoms with van der Waals surface area (Å²) in [6.45, 7) is 0.278. The smallest absolute Gasteiger partial charge is 0.268 e. The van der Waals surface area contributed by atoms with Gasteiger partial charge in [-0.05, 0) is 30.3 Å². The van der Waals surface area contributed by atoms with Gasteiger partial charge in [0.05, 0.1) is 24.5 Å². The highest BCUT2D eigenvalue weighted by Gasteiger charge is 2.33. The Bertz CT molecular complexity index is 971. The molecule has 0 atom stereocenters. The average Bonchev–Trinajstić information content (AvgIpc) is 3.04. The van der Waals surface area contributed by atoms with E-state index in [4.69, 9.17) is 11.6 Å². The molecule has 0 saturated heterocycles. The summed E-state index contributed by atoms with van der Waals surface area (Å²) in [4.78, 5) is 16.9. The molecule has 1 N–H and O–H groups in total. The maximum absolute atomic E-state index is 13.4. The van der Waals surface area contributed by atoms with E-state index in [1.54, 1.807) is 27.9 Å². The van der Waals surface area contributed by atoms with E-state index in [1.807, 2.05) is 48.3 Å². The fourth-order valence-electron chi connectivity index (χ4n) is 3.16. The van der Waals surface area contributed by atoms with Crippen LogP contribution in [0.15, 0.2) is 54.7 Å². The molecule has 1 aliphatic rings. The summed E-state index contributed by atoms with van der Waals surface area (Å²) >= 11 is 6.23. The molecule has 0 unspecified atom stereocenters. The first-order chi connectivity index (χ1) is 12.6. The van der Waals surface area contributed by atoms with Gasteiger partial charge in [0.2, 0.25) is 0 Å². The summed E-state index contributed by atoms with van der Waals surface area (Å²) in [5, 5.41) is 14.2. The Hall–Kier alpha value is -2.83. The number of aromatic nitrogens is 2. The lowest BCUT2D eigenvalue weighted by molar-refractivity contribution is 0.100. The number of rotatable bonds is 3. The highest BCUT2D eigenvalue weighted by Crippen LogP contribution is 2.43. The zero-order valence-corrected chi connectivity index (χ0v) is 14.9. The van der Waals surface area contributed by atoms with Gasteiger partial charge >= 0.3 is 0 Å². The number of halogens is 1. The Labute approximate surface area is 155 Å². The van der Waals surface area contributed by atoms with Crippen molar-refractivity contribution in [1.29, 1.82) is 0 Å². The third kappa shape index (κ3) is 2.64. The van der Waals surface area contributed by atoms with Gasteiger partial charge in [-0.25, -0.2) is 0 Å². The van der Waals surface area contributed by atoms with Crippen LogP contribution in [0.4, 0.5) is 22.9 Å². The van der Waals surface area contributed by atoms with Crippen molar-refractivity contribution in [3.05, 3.63) is 65.3 Å². The number of nitrogens with zero attached hydrogens (tertiary/aromatic N) is 4. The maximum atomic E-state index is 13.4. The van der Waals surface area contributed by atoms with E-state index in [0.29, 0.717) is 28.6 Å². The summed E-state index contributed by atoms with van der Waals surface area (Å²) in [7, 11) is 1.86. The number of anilines is 4. The normalized spacial score (nSPS) is 13.4. The van der Waals surface area contributed by atoms with Crippen LogP contribution >= 0.6 is 11.6 Å². The number of aliphatic hydroxyl groups is 1. The fraction of sp³-hybridized carbons (Fsp3) is 0.158. The van der Waals surface area contributed by atoms with Crippen molar-refractivity contribution < 1.29 is 9.90 Å². The molecule has 0 spiro atoms. The van der Waals surface area contributed by atoms with E-state index < -0.39 is 0 Å². The highest BCUT2D eigenvalue weighted by atomic mass is 35.5. The first-order valence-corrected chi connectivity index (χ1v) is 8.59. The van der Waals surface area contributed by atoms with Crippen molar-refractivity contribution in [3.63, 3.8) is 0 Å². The zero-order valence-electron chi connectivity index (χ0n) is 14.1. The predicted molar refractivity (Wildman–Crippen MR) is 102 cm³/mol. The SMILES string of the molecule is CN1c2ccc(Cl)cc2N(c2ccccc2)C(=O)c2cn(CCO)nc21. The van der Waals surface area contributed by atoms with Crippen LogP contribution in [0, 0.1) is 0 Å². The summed E-state index contributed by atoms with van der Waals surface area (Å²) < 4.78 is 1.59.